The molecule has 0 N–H and O–H groups in total. The first kappa shape index (κ1) is 15.8. The van der Waals surface area contributed by atoms with Crippen molar-refractivity contribution < 1.29 is 23.9 Å². The van der Waals surface area contributed by atoms with Crippen LogP contribution in [0.15, 0.2) is 24.3 Å². The van der Waals surface area contributed by atoms with Crippen molar-refractivity contribution in [3.05, 3.63) is 35.4 Å². The average molecular weight is 252 g/mol. The van der Waals surface area contributed by atoms with Crippen LogP contribution in [0, 0.1) is 0 Å². The molecule has 0 saturated heterocycles. The van der Waals surface area contributed by atoms with Crippen LogP contribution in [0.4, 0.5) is 0 Å². The minimum Gasteiger partial charge on any atom is -0.462 e. The van der Waals surface area contributed by atoms with E-state index in [4.69, 9.17) is 14.3 Å². The summed E-state index contributed by atoms with van der Waals surface area (Å²) in [6.07, 6.45) is 0. The van der Waals surface area contributed by atoms with Gasteiger partial charge in [-0.15, -0.1) is 0 Å². The van der Waals surface area contributed by atoms with E-state index in [1.54, 1.807) is 38.1 Å². The van der Waals surface area contributed by atoms with Gasteiger partial charge in [-0.1, -0.05) is 12.1 Å². The van der Waals surface area contributed by atoms with Crippen LogP contribution in [0.2, 0.25) is 0 Å². The van der Waals surface area contributed by atoms with Gasteiger partial charge in [-0.2, -0.15) is 0 Å². The minimum atomic E-state index is -0.508. The lowest BCUT2D eigenvalue weighted by molar-refractivity contribution is -0.0980. The van der Waals surface area contributed by atoms with E-state index in [1.165, 1.54) is 0 Å². The van der Waals surface area contributed by atoms with Crippen LogP contribution < -0.4 is 0 Å². The molecule has 0 heterocycles. The zero-order valence-electron chi connectivity index (χ0n) is 10.5. The van der Waals surface area contributed by atoms with Gasteiger partial charge in [0.25, 0.3) is 0 Å². The Labute approximate surface area is 106 Å². The summed E-state index contributed by atoms with van der Waals surface area (Å²) in [5.74, 6) is -1.02. The Morgan fingerprint density at radius 2 is 1.28 bits per heavy atom. The molecule has 0 amide bonds. The van der Waals surface area contributed by atoms with Crippen LogP contribution in [0.3, 0.4) is 0 Å². The highest BCUT2D eigenvalue weighted by atomic mass is 16.5. The molecule has 0 unspecified atom stereocenters. The van der Waals surface area contributed by atoms with Gasteiger partial charge in [-0.25, -0.2) is 9.59 Å². The molecule has 1 aromatic carbocycles. The first-order valence-corrected chi connectivity index (χ1v) is 5.42. The number of rotatable bonds is 4. The lowest BCUT2D eigenvalue weighted by Crippen LogP contribution is -2.13. The van der Waals surface area contributed by atoms with Crippen LogP contribution in [0.25, 0.3) is 0 Å². The van der Waals surface area contributed by atoms with E-state index in [9.17, 15) is 9.59 Å². The molecule has 5 heteroatoms. The van der Waals surface area contributed by atoms with Gasteiger partial charge in [-0.05, 0) is 26.0 Å². The Morgan fingerprint density at radius 3 is 1.56 bits per heavy atom. The third kappa shape index (κ3) is 4.37. The highest BCUT2D eigenvalue weighted by Gasteiger charge is 2.17. The fraction of sp³-hybridized carbons (Fsp3) is 0.308. The molecule has 0 aliphatic rings. The molecule has 0 radical (unpaired) electrons. The lowest BCUT2D eigenvalue weighted by atomic mass is 10.1. The van der Waals surface area contributed by atoms with E-state index in [0.717, 1.165) is 0 Å². The molecule has 1 aromatic rings. The van der Waals surface area contributed by atoms with Crippen LogP contribution in [-0.4, -0.2) is 31.9 Å². The molecule has 0 saturated carbocycles. The summed E-state index contributed by atoms with van der Waals surface area (Å²) >= 11 is 0. The number of hydrogen-bond donors (Lipinski definition) is 0. The Bertz CT molecular complexity index is 363. The van der Waals surface area contributed by atoms with E-state index < -0.39 is 11.9 Å². The summed E-state index contributed by atoms with van der Waals surface area (Å²) in [4.78, 5) is 31.1. The van der Waals surface area contributed by atoms with Crippen LogP contribution in [0.1, 0.15) is 34.6 Å². The zero-order valence-corrected chi connectivity index (χ0v) is 10.5. The molecule has 0 spiro atoms. The molecule has 0 bridgehead atoms. The van der Waals surface area contributed by atoms with Crippen molar-refractivity contribution in [2.45, 2.75) is 13.8 Å². The molecule has 0 fully saturated rings. The van der Waals surface area contributed by atoms with Crippen molar-refractivity contribution in [3.8, 4) is 0 Å². The van der Waals surface area contributed by atoms with Crippen molar-refractivity contribution in [2.24, 2.45) is 0 Å². The summed E-state index contributed by atoms with van der Waals surface area (Å²) in [7, 11) is 0. The van der Waals surface area contributed by atoms with E-state index in [-0.39, 0.29) is 24.3 Å². The number of esters is 2. The van der Waals surface area contributed by atoms with Gasteiger partial charge in [-0.3, -0.25) is 0 Å². The standard InChI is InChI=1S/C12H14O4.CH2O/c1-3-15-11(13)9-7-5-6-8-10(9)12(14)16-4-2;1-2/h5-8H,3-4H2,1-2H3;1H2. The van der Waals surface area contributed by atoms with Gasteiger partial charge >= 0.3 is 11.9 Å². The van der Waals surface area contributed by atoms with E-state index in [2.05, 4.69) is 0 Å². The second-order valence-electron chi connectivity index (χ2n) is 2.99. The van der Waals surface area contributed by atoms with E-state index in [0.29, 0.717) is 0 Å². The third-order valence-corrected chi connectivity index (χ3v) is 1.92. The van der Waals surface area contributed by atoms with Gasteiger partial charge in [0, 0.05) is 0 Å². The van der Waals surface area contributed by atoms with Crippen LogP contribution >= 0.6 is 0 Å². The van der Waals surface area contributed by atoms with Gasteiger partial charge in [0.15, 0.2) is 0 Å². The number of benzene rings is 1. The molecule has 5 nitrogen and oxygen atoms in total. The number of hydrogen-bond acceptors (Lipinski definition) is 5. The third-order valence-electron chi connectivity index (χ3n) is 1.92. The van der Waals surface area contributed by atoms with E-state index >= 15 is 0 Å². The van der Waals surface area contributed by atoms with Crippen molar-refractivity contribution in [2.75, 3.05) is 13.2 Å². The topological polar surface area (TPSA) is 69.7 Å². The zero-order chi connectivity index (χ0) is 14.0. The van der Waals surface area contributed by atoms with Crippen molar-refractivity contribution in [1.82, 2.24) is 0 Å². The maximum absolute atomic E-state index is 11.5. The monoisotopic (exact) mass is 252 g/mol. The van der Waals surface area contributed by atoms with Gasteiger partial charge in [0.2, 0.25) is 0 Å². The SMILES string of the molecule is C=O.CCOC(=O)c1ccccc1C(=O)OCC. The molecule has 0 aromatic heterocycles. The molecule has 98 valence electrons. The second kappa shape index (κ2) is 8.92. The van der Waals surface area contributed by atoms with Crippen molar-refractivity contribution >= 4 is 18.7 Å². The highest BCUT2D eigenvalue weighted by Crippen LogP contribution is 2.11. The predicted molar refractivity (Wildman–Crippen MR) is 65.5 cm³/mol. The molecule has 0 aliphatic carbocycles. The van der Waals surface area contributed by atoms with Crippen molar-refractivity contribution in [3.63, 3.8) is 0 Å². The number of carbonyl (C=O) groups is 3. The smallest absolute Gasteiger partial charge is 0.338 e. The molecule has 0 atom stereocenters. The Morgan fingerprint density at radius 1 is 0.944 bits per heavy atom. The molecule has 1 rings (SSSR count). The summed E-state index contributed by atoms with van der Waals surface area (Å²) in [6, 6.07) is 6.44. The van der Waals surface area contributed by atoms with Crippen molar-refractivity contribution in [1.29, 1.82) is 0 Å². The normalized spacial score (nSPS) is 8.78. The predicted octanol–water partition coefficient (Wildman–Crippen LogP) is 1.86. The molecular weight excluding hydrogens is 236 g/mol. The fourth-order valence-electron chi connectivity index (χ4n) is 1.26. The first-order chi connectivity index (χ1) is 8.70. The Balaban J connectivity index is 0.00000137. The van der Waals surface area contributed by atoms with Crippen LogP contribution in [-0.2, 0) is 14.3 Å². The number of ether oxygens (including phenoxy) is 2. The largest absolute Gasteiger partial charge is 0.462 e. The van der Waals surface area contributed by atoms with Crippen LogP contribution in [0.5, 0.6) is 0 Å². The molecule has 0 aliphatic heterocycles. The summed E-state index contributed by atoms with van der Waals surface area (Å²) in [5.41, 5.74) is 0.477. The molecule has 18 heavy (non-hydrogen) atoms. The first-order valence-electron chi connectivity index (χ1n) is 5.42. The minimum absolute atomic E-state index is 0.239. The second-order valence-corrected chi connectivity index (χ2v) is 2.99. The summed E-state index contributed by atoms with van der Waals surface area (Å²) in [5, 5.41) is 0. The maximum Gasteiger partial charge on any atom is 0.338 e. The fourth-order valence-corrected chi connectivity index (χ4v) is 1.26. The Kier molecular flexibility index (Phi) is 7.85. The maximum atomic E-state index is 11.5. The quantitative estimate of drug-likeness (QED) is 0.765. The lowest BCUT2D eigenvalue weighted by Gasteiger charge is -2.07. The summed E-state index contributed by atoms with van der Waals surface area (Å²) < 4.78 is 9.70. The Hall–Kier alpha value is -2.17. The molecular formula is C13H16O5. The highest BCUT2D eigenvalue weighted by molar-refractivity contribution is 6.03. The van der Waals surface area contributed by atoms with E-state index in [1.807, 2.05) is 6.79 Å². The number of carbonyl (C=O) groups excluding carboxylic acids is 3. The van der Waals surface area contributed by atoms with Gasteiger partial charge < -0.3 is 14.3 Å². The average Bonchev–Trinajstić information content (AvgIpc) is 2.41. The van der Waals surface area contributed by atoms with Gasteiger partial charge in [0.05, 0.1) is 24.3 Å². The summed E-state index contributed by atoms with van der Waals surface area (Å²) in [6.45, 7) is 5.97. The van der Waals surface area contributed by atoms with Gasteiger partial charge in [0.1, 0.15) is 6.79 Å².